The lowest BCUT2D eigenvalue weighted by atomic mass is 10.2. The standard InChI is InChI=1S/C19H16BrN3OS/c1-12-6-7-16(15(20)10-12)22-18-17-14(5-2-8-21-17)19(24)23(18)11-13-4-3-9-25-13/h2-10,18,22H,11H2,1H3/t18-/m1/s1. The molecule has 0 saturated carbocycles. The second-order valence-corrected chi connectivity index (χ2v) is 7.87. The number of hydrogen-bond acceptors (Lipinski definition) is 4. The van der Waals surface area contributed by atoms with Crippen molar-refractivity contribution < 1.29 is 4.79 Å². The Labute approximate surface area is 158 Å². The summed E-state index contributed by atoms with van der Waals surface area (Å²) in [5, 5.41) is 5.51. The summed E-state index contributed by atoms with van der Waals surface area (Å²) in [4.78, 5) is 20.4. The molecule has 0 spiro atoms. The van der Waals surface area contributed by atoms with Gasteiger partial charge < -0.3 is 10.2 Å². The molecular formula is C19H16BrN3OS. The number of aryl methyl sites for hydroxylation is 1. The number of rotatable bonds is 4. The van der Waals surface area contributed by atoms with E-state index in [1.54, 1.807) is 17.5 Å². The van der Waals surface area contributed by atoms with E-state index in [1.807, 2.05) is 53.6 Å². The van der Waals surface area contributed by atoms with E-state index in [9.17, 15) is 4.79 Å². The summed E-state index contributed by atoms with van der Waals surface area (Å²) in [5.74, 6) is 0.0113. The van der Waals surface area contributed by atoms with Gasteiger partial charge in [0.15, 0.2) is 0 Å². The smallest absolute Gasteiger partial charge is 0.258 e. The minimum Gasteiger partial charge on any atom is -0.359 e. The van der Waals surface area contributed by atoms with Crippen LogP contribution in [-0.4, -0.2) is 15.8 Å². The van der Waals surface area contributed by atoms with Crippen LogP contribution in [0.3, 0.4) is 0 Å². The number of amides is 1. The number of anilines is 1. The van der Waals surface area contributed by atoms with Crippen molar-refractivity contribution in [3.63, 3.8) is 0 Å². The molecule has 4 nitrogen and oxygen atoms in total. The maximum Gasteiger partial charge on any atom is 0.258 e. The van der Waals surface area contributed by atoms with Gasteiger partial charge in [-0.15, -0.1) is 11.3 Å². The highest BCUT2D eigenvalue weighted by Gasteiger charge is 2.38. The summed E-state index contributed by atoms with van der Waals surface area (Å²) in [7, 11) is 0. The van der Waals surface area contributed by atoms with Crippen LogP contribution in [0.25, 0.3) is 0 Å². The zero-order valence-corrected chi connectivity index (χ0v) is 16.0. The first-order valence-electron chi connectivity index (χ1n) is 7.94. The zero-order valence-electron chi connectivity index (χ0n) is 13.6. The fourth-order valence-electron chi connectivity index (χ4n) is 3.00. The first kappa shape index (κ1) is 16.3. The molecular weight excluding hydrogens is 398 g/mol. The number of pyridine rings is 1. The topological polar surface area (TPSA) is 45.2 Å². The molecule has 3 heterocycles. The Morgan fingerprint density at radius 1 is 1.28 bits per heavy atom. The summed E-state index contributed by atoms with van der Waals surface area (Å²) >= 11 is 5.26. The van der Waals surface area contributed by atoms with Crippen molar-refractivity contribution in [2.75, 3.05) is 5.32 Å². The summed E-state index contributed by atoms with van der Waals surface area (Å²) in [6, 6.07) is 13.8. The van der Waals surface area contributed by atoms with Gasteiger partial charge >= 0.3 is 0 Å². The van der Waals surface area contributed by atoms with Gasteiger partial charge in [-0.1, -0.05) is 12.1 Å². The molecule has 1 aliphatic heterocycles. The molecule has 0 fully saturated rings. The predicted molar refractivity (Wildman–Crippen MR) is 104 cm³/mol. The summed E-state index contributed by atoms with van der Waals surface area (Å²) in [5.41, 5.74) is 3.56. The van der Waals surface area contributed by atoms with Crippen LogP contribution in [0, 0.1) is 6.92 Å². The Balaban J connectivity index is 1.71. The highest BCUT2D eigenvalue weighted by Crippen LogP contribution is 2.36. The quantitative estimate of drug-likeness (QED) is 0.655. The minimum atomic E-state index is -0.287. The highest BCUT2D eigenvalue weighted by atomic mass is 79.9. The molecule has 1 aromatic carbocycles. The Morgan fingerprint density at radius 3 is 2.92 bits per heavy atom. The largest absolute Gasteiger partial charge is 0.359 e. The number of nitrogens with one attached hydrogen (secondary N) is 1. The lowest BCUT2D eigenvalue weighted by Crippen LogP contribution is -2.31. The average molecular weight is 414 g/mol. The van der Waals surface area contributed by atoms with Gasteiger partial charge in [0.1, 0.15) is 6.17 Å². The van der Waals surface area contributed by atoms with Crippen molar-refractivity contribution in [1.29, 1.82) is 0 Å². The molecule has 1 aliphatic rings. The van der Waals surface area contributed by atoms with Crippen LogP contribution in [0.4, 0.5) is 5.69 Å². The van der Waals surface area contributed by atoms with Crippen molar-refractivity contribution in [1.82, 2.24) is 9.88 Å². The van der Waals surface area contributed by atoms with E-state index in [4.69, 9.17) is 0 Å². The van der Waals surface area contributed by atoms with E-state index >= 15 is 0 Å². The minimum absolute atomic E-state index is 0.0113. The maximum atomic E-state index is 12.9. The third-order valence-electron chi connectivity index (χ3n) is 4.22. The van der Waals surface area contributed by atoms with Gasteiger partial charge in [-0.3, -0.25) is 9.78 Å². The molecule has 6 heteroatoms. The second kappa shape index (κ2) is 6.61. The van der Waals surface area contributed by atoms with Gasteiger partial charge in [-0.05, 0) is 64.1 Å². The highest BCUT2D eigenvalue weighted by molar-refractivity contribution is 9.10. The molecule has 126 valence electrons. The maximum absolute atomic E-state index is 12.9. The van der Waals surface area contributed by atoms with Gasteiger partial charge in [0.25, 0.3) is 5.91 Å². The fourth-order valence-corrected chi connectivity index (χ4v) is 4.31. The van der Waals surface area contributed by atoms with Gasteiger partial charge in [-0.2, -0.15) is 0 Å². The zero-order chi connectivity index (χ0) is 17.4. The molecule has 0 bridgehead atoms. The Bertz CT molecular complexity index is 926. The van der Waals surface area contributed by atoms with Crippen LogP contribution in [0.5, 0.6) is 0 Å². The van der Waals surface area contributed by atoms with Crippen LogP contribution >= 0.6 is 27.3 Å². The summed E-state index contributed by atoms with van der Waals surface area (Å²) < 4.78 is 0.973. The number of halogens is 1. The van der Waals surface area contributed by atoms with Gasteiger partial charge in [0.2, 0.25) is 0 Å². The predicted octanol–water partition coefficient (Wildman–Crippen LogP) is 4.98. The summed E-state index contributed by atoms with van der Waals surface area (Å²) in [6.45, 7) is 2.61. The van der Waals surface area contributed by atoms with Crippen LogP contribution in [-0.2, 0) is 6.54 Å². The number of benzene rings is 1. The molecule has 0 radical (unpaired) electrons. The second-order valence-electron chi connectivity index (χ2n) is 5.98. The first-order chi connectivity index (χ1) is 12.1. The molecule has 1 N–H and O–H groups in total. The normalized spacial score (nSPS) is 16.2. The van der Waals surface area contributed by atoms with Crippen LogP contribution in [0.15, 0.2) is 58.5 Å². The van der Waals surface area contributed by atoms with E-state index in [1.165, 1.54) is 5.56 Å². The number of aromatic nitrogens is 1. The first-order valence-corrected chi connectivity index (χ1v) is 9.62. The summed E-state index contributed by atoms with van der Waals surface area (Å²) in [6.07, 6.45) is 1.45. The molecule has 2 aromatic heterocycles. The fraction of sp³-hybridized carbons (Fsp3) is 0.158. The Kier molecular flexibility index (Phi) is 4.31. The lowest BCUT2D eigenvalue weighted by molar-refractivity contribution is 0.0729. The van der Waals surface area contributed by atoms with Crippen LogP contribution < -0.4 is 5.32 Å². The molecule has 3 aromatic rings. The number of thiophene rings is 1. The molecule has 0 aliphatic carbocycles. The SMILES string of the molecule is Cc1ccc(N[C@H]2c3ncccc3C(=O)N2Cc2cccs2)c(Br)c1. The van der Waals surface area contributed by atoms with Gasteiger partial charge in [0, 0.05) is 15.5 Å². The van der Waals surface area contributed by atoms with Crippen molar-refractivity contribution in [2.45, 2.75) is 19.6 Å². The molecule has 0 saturated heterocycles. The number of nitrogens with zero attached hydrogens (tertiary/aromatic N) is 2. The lowest BCUT2D eigenvalue weighted by Gasteiger charge is -2.26. The van der Waals surface area contributed by atoms with E-state index in [2.05, 4.69) is 32.3 Å². The van der Waals surface area contributed by atoms with Crippen LogP contribution in [0.1, 0.15) is 32.7 Å². The van der Waals surface area contributed by atoms with Gasteiger partial charge in [-0.25, -0.2) is 0 Å². The number of carbonyl (C=O) groups is 1. The van der Waals surface area contributed by atoms with E-state index in [0.29, 0.717) is 12.1 Å². The van der Waals surface area contributed by atoms with Crippen molar-refractivity contribution in [3.8, 4) is 0 Å². The number of carbonyl (C=O) groups excluding carboxylic acids is 1. The van der Waals surface area contributed by atoms with Crippen molar-refractivity contribution in [2.24, 2.45) is 0 Å². The van der Waals surface area contributed by atoms with Crippen molar-refractivity contribution in [3.05, 3.63) is 80.2 Å². The third-order valence-corrected chi connectivity index (χ3v) is 5.74. The van der Waals surface area contributed by atoms with E-state index < -0.39 is 0 Å². The molecule has 1 atom stereocenters. The number of hydrogen-bond donors (Lipinski definition) is 1. The monoisotopic (exact) mass is 413 g/mol. The number of fused-ring (bicyclic) bond motifs is 1. The Morgan fingerprint density at radius 2 is 2.16 bits per heavy atom. The molecule has 1 amide bonds. The van der Waals surface area contributed by atoms with E-state index in [-0.39, 0.29) is 12.1 Å². The third kappa shape index (κ3) is 3.07. The van der Waals surface area contributed by atoms with Crippen LogP contribution in [0.2, 0.25) is 0 Å². The average Bonchev–Trinajstić information content (AvgIpc) is 3.20. The molecule has 25 heavy (non-hydrogen) atoms. The molecule has 0 unspecified atom stereocenters. The van der Waals surface area contributed by atoms with Gasteiger partial charge in [0.05, 0.1) is 23.5 Å². The Hall–Kier alpha value is -2.18. The molecule has 4 rings (SSSR count). The van der Waals surface area contributed by atoms with E-state index in [0.717, 1.165) is 20.7 Å². The van der Waals surface area contributed by atoms with Crippen molar-refractivity contribution >= 4 is 38.9 Å².